The standard InChI is InChI=1S/C27H23Cl2F3N4O6S2/c1-42-26(39)20(13-15-5-8-17(9-6-15)34-23(37)22-18(28)3-2-4-19(22)29)35-24(38)25-36(11-12-43-25)44(40,41)21-10-7-16(14-33-21)27(30,31)32/h2-10,14,20,25H,11-13H2,1H3,(H,34,37)(H,35,38)/t20-,25?/m0/s1. The van der Waals surface area contributed by atoms with Crippen molar-refractivity contribution < 1.29 is 40.7 Å². The SMILES string of the molecule is COC(=O)[C@H](Cc1ccc(NC(=O)c2c(Cl)cccc2Cl)cc1)NC(=O)C1SCCN1S(=O)(=O)c1ccc(C(F)(F)F)cn1. The number of hydrogen-bond acceptors (Lipinski definition) is 8. The Hall–Kier alpha value is -3.37. The van der Waals surface area contributed by atoms with Crippen LogP contribution in [-0.4, -0.2) is 66.3 Å². The van der Waals surface area contributed by atoms with Gasteiger partial charge in [-0.1, -0.05) is 41.4 Å². The van der Waals surface area contributed by atoms with Gasteiger partial charge in [0.25, 0.3) is 15.9 Å². The van der Waals surface area contributed by atoms with Gasteiger partial charge in [0.2, 0.25) is 5.91 Å². The normalized spacial score (nSPS) is 16.3. The first-order valence-corrected chi connectivity index (χ1v) is 15.9. The van der Waals surface area contributed by atoms with Crippen molar-refractivity contribution in [2.75, 3.05) is 24.7 Å². The number of nitrogens with zero attached hydrogens (tertiary/aromatic N) is 2. The van der Waals surface area contributed by atoms with E-state index in [0.29, 0.717) is 23.5 Å². The molecule has 1 aromatic heterocycles. The molecule has 2 amide bonds. The molecule has 10 nitrogen and oxygen atoms in total. The van der Waals surface area contributed by atoms with Crippen LogP contribution in [0.15, 0.2) is 65.8 Å². The number of nitrogens with one attached hydrogen (secondary N) is 2. The number of thioether (sulfide) groups is 1. The number of methoxy groups -OCH3 is 1. The van der Waals surface area contributed by atoms with Gasteiger partial charge < -0.3 is 15.4 Å². The number of hydrogen-bond donors (Lipinski definition) is 2. The molecule has 1 aliphatic rings. The fourth-order valence-electron chi connectivity index (χ4n) is 4.17. The van der Waals surface area contributed by atoms with E-state index in [9.17, 15) is 36.0 Å². The average Bonchev–Trinajstić information content (AvgIpc) is 3.48. The lowest BCUT2D eigenvalue weighted by Gasteiger charge is -2.24. The van der Waals surface area contributed by atoms with Crippen LogP contribution < -0.4 is 10.6 Å². The first kappa shape index (κ1) is 33.5. The summed E-state index contributed by atoms with van der Waals surface area (Å²) in [5, 5.41) is 3.56. The van der Waals surface area contributed by atoms with E-state index in [-0.39, 0.29) is 34.3 Å². The first-order valence-electron chi connectivity index (χ1n) is 12.6. The minimum Gasteiger partial charge on any atom is -0.467 e. The number of benzene rings is 2. The van der Waals surface area contributed by atoms with Gasteiger partial charge in [-0.25, -0.2) is 18.2 Å². The molecule has 1 aliphatic heterocycles. The van der Waals surface area contributed by atoms with Crippen LogP contribution in [-0.2, 0) is 36.9 Å². The van der Waals surface area contributed by atoms with Crippen LogP contribution in [0.5, 0.6) is 0 Å². The van der Waals surface area contributed by atoms with E-state index in [1.54, 1.807) is 30.3 Å². The van der Waals surface area contributed by atoms with E-state index in [1.165, 1.54) is 12.1 Å². The van der Waals surface area contributed by atoms with Crippen molar-refractivity contribution in [1.82, 2.24) is 14.6 Å². The minimum absolute atomic E-state index is 0.0480. The molecule has 0 aliphatic carbocycles. The van der Waals surface area contributed by atoms with Gasteiger partial charge in [0.05, 0.1) is 28.3 Å². The average molecular weight is 692 g/mol. The summed E-state index contributed by atoms with van der Waals surface area (Å²) in [5.41, 5.74) is -0.0633. The number of aromatic nitrogens is 1. The number of pyridine rings is 1. The fourth-order valence-corrected chi connectivity index (χ4v) is 7.74. The monoisotopic (exact) mass is 690 g/mol. The minimum atomic E-state index is -4.71. The molecule has 234 valence electrons. The second kappa shape index (κ2) is 13.7. The summed E-state index contributed by atoms with van der Waals surface area (Å²) in [7, 11) is -3.33. The van der Waals surface area contributed by atoms with Crippen molar-refractivity contribution in [1.29, 1.82) is 0 Å². The maximum Gasteiger partial charge on any atom is 0.417 e. The molecule has 0 spiro atoms. The highest BCUT2D eigenvalue weighted by atomic mass is 35.5. The lowest BCUT2D eigenvalue weighted by atomic mass is 10.1. The third kappa shape index (κ3) is 7.64. The molecule has 1 unspecified atom stereocenters. The van der Waals surface area contributed by atoms with Crippen LogP contribution >= 0.6 is 35.0 Å². The van der Waals surface area contributed by atoms with Crippen molar-refractivity contribution >= 4 is 68.5 Å². The van der Waals surface area contributed by atoms with E-state index in [2.05, 4.69) is 15.6 Å². The van der Waals surface area contributed by atoms with Crippen molar-refractivity contribution in [3.05, 3.63) is 87.5 Å². The van der Waals surface area contributed by atoms with Gasteiger partial charge in [0.15, 0.2) is 5.03 Å². The molecule has 44 heavy (non-hydrogen) atoms. The smallest absolute Gasteiger partial charge is 0.417 e. The van der Waals surface area contributed by atoms with E-state index >= 15 is 0 Å². The molecular weight excluding hydrogens is 668 g/mol. The lowest BCUT2D eigenvalue weighted by molar-refractivity contribution is -0.145. The maximum atomic E-state index is 13.2. The van der Waals surface area contributed by atoms with Gasteiger partial charge in [-0.05, 0) is 42.0 Å². The Bertz CT molecular complexity index is 1640. The highest BCUT2D eigenvalue weighted by Gasteiger charge is 2.42. The van der Waals surface area contributed by atoms with Crippen LogP contribution in [0.1, 0.15) is 21.5 Å². The Morgan fingerprint density at radius 1 is 1.09 bits per heavy atom. The highest BCUT2D eigenvalue weighted by molar-refractivity contribution is 8.02. The summed E-state index contributed by atoms with van der Waals surface area (Å²) in [4.78, 5) is 41.9. The van der Waals surface area contributed by atoms with Gasteiger partial charge >= 0.3 is 12.1 Å². The summed E-state index contributed by atoms with van der Waals surface area (Å²) >= 11 is 13.2. The Labute approximate surface area is 264 Å². The second-order valence-electron chi connectivity index (χ2n) is 9.26. The number of ether oxygens (including phenoxy) is 1. The summed E-state index contributed by atoms with van der Waals surface area (Å²) in [6.07, 6.45) is -4.35. The molecule has 1 saturated heterocycles. The third-order valence-electron chi connectivity index (χ3n) is 6.35. The molecule has 2 N–H and O–H groups in total. The number of amides is 2. The number of carbonyl (C=O) groups excluding carboxylic acids is 3. The van der Waals surface area contributed by atoms with Gasteiger partial charge in [-0.2, -0.15) is 17.5 Å². The van der Waals surface area contributed by atoms with Gasteiger partial charge in [0.1, 0.15) is 11.4 Å². The Morgan fingerprint density at radius 2 is 1.75 bits per heavy atom. The number of anilines is 1. The van der Waals surface area contributed by atoms with E-state index in [4.69, 9.17) is 27.9 Å². The van der Waals surface area contributed by atoms with Crippen LogP contribution in [0.4, 0.5) is 18.9 Å². The van der Waals surface area contributed by atoms with E-state index in [1.807, 2.05) is 0 Å². The number of rotatable bonds is 9. The predicted molar refractivity (Wildman–Crippen MR) is 158 cm³/mol. The third-order valence-corrected chi connectivity index (χ3v) is 10.1. The predicted octanol–water partition coefficient (Wildman–Crippen LogP) is 4.62. The summed E-state index contributed by atoms with van der Waals surface area (Å²) in [6, 6.07) is 11.1. The number of halogens is 5. The van der Waals surface area contributed by atoms with Crippen LogP contribution in [0.3, 0.4) is 0 Å². The largest absolute Gasteiger partial charge is 0.467 e. The van der Waals surface area contributed by atoms with Crippen molar-refractivity contribution in [2.45, 2.75) is 29.0 Å². The Morgan fingerprint density at radius 3 is 2.32 bits per heavy atom. The van der Waals surface area contributed by atoms with Crippen molar-refractivity contribution in [2.24, 2.45) is 0 Å². The zero-order valence-corrected chi connectivity index (χ0v) is 25.7. The summed E-state index contributed by atoms with van der Waals surface area (Å²) in [5.74, 6) is -1.94. The first-order chi connectivity index (χ1) is 20.7. The van der Waals surface area contributed by atoms with E-state index in [0.717, 1.165) is 29.2 Å². The molecule has 0 radical (unpaired) electrons. The Balaban J connectivity index is 1.45. The topological polar surface area (TPSA) is 135 Å². The van der Waals surface area contributed by atoms with Crippen LogP contribution in [0.2, 0.25) is 10.0 Å². The molecule has 2 heterocycles. The summed E-state index contributed by atoms with van der Waals surface area (Å²) < 4.78 is 70.7. The number of sulfonamides is 1. The molecule has 0 saturated carbocycles. The molecule has 2 atom stereocenters. The quantitative estimate of drug-likeness (QED) is 0.311. The molecule has 0 bridgehead atoms. The summed E-state index contributed by atoms with van der Waals surface area (Å²) in [6.45, 7) is -0.108. The lowest BCUT2D eigenvalue weighted by Crippen LogP contribution is -2.51. The molecule has 3 aromatic rings. The number of carbonyl (C=O) groups is 3. The molecular formula is C27H23Cl2F3N4O6S2. The van der Waals surface area contributed by atoms with Gasteiger partial charge in [-0.3, -0.25) is 9.59 Å². The van der Waals surface area contributed by atoms with E-state index < -0.39 is 56.0 Å². The number of alkyl halides is 3. The molecule has 2 aromatic carbocycles. The molecule has 1 fully saturated rings. The van der Waals surface area contributed by atoms with Gasteiger partial charge in [0, 0.05) is 30.6 Å². The highest BCUT2D eigenvalue weighted by Crippen LogP contribution is 2.32. The Kier molecular flexibility index (Phi) is 10.5. The fraction of sp³-hybridized carbons (Fsp3) is 0.259. The number of esters is 1. The molecule has 17 heteroatoms. The second-order valence-corrected chi connectivity index (χ2v) is 13.1. The molecule has 4 rings (SSSR count). The van der Waals surface area contributed by atoms with Crippen molar-refractivity contribution in [3.63, 3.8) is 0 Å². The maximum absolute atomic E-state index is 13.2. The van der Waals surface area contributed by atoms with Gasteiger partial charge in [-0.15, -0.1) is 11.8 Å². The van der Waals surface area contributed by atoms with Crippen LogP contribution in [0, 0.1) is 0 Å². The van der Waals surface area contributed by atoms with Crippen LogP contribution in [0.25, 0.3) is 0 Å². The van der Waals surface area contributed by atoms with Crippen molar-refractivity contribution in [3.8, 4) is 0 Å². The zero-order valence-electron chi connectivity index (χ0n) is 22.6. The zero-order chi connectivity index (χ0) is 32.2.